The van der Waals surface area contributed by atoms with E-state index in [2.05, 4.69) is 4.74 Å². The van der Waals surface area contributed by atoms with Gasteiger partial charge in [-0.1, -0.05) is 0 Å². The molecule has 0 bridgehead atoms. The van der Waals surface area contributed by atoms with Gasteiger partial charge in [-0.25, -0.2) is 0 Å². The highest BCUT2D eigenvalue weighted by Crippen LogP contribution is 2.30. The molecule has 1 aliphatic rings. The summed E-state index contributed by atoms with van der Waals surface area (Å²) in [4.78, 5) is 0. The summed E-state index contributed by atoms with van der Waals surface area (Å²) in [5.74, 6) is -2.29. The predicted molar refractivity (Wildman–Crippen MR) is 42.0 cm³/mol. The van der Waals surface area contributed by atoms with E-state index >= 15 is 0 Å². The van der Waals surface area contributed by atoms with Gasteiger partial charge in [-0.15, -0.1) is 0 Å². The molecule has 1 fully saturated rings. The van der Waals surface area contributed by atoms with Gasteiger partial charge < -0.3 is 35.4 Å². The SMILES string of the molecule is OC[C@@H](O)[C@H]1O[C@@](O)(CO)[C@H](O)[C@@H]1O. The Hall–Kier alpha value is -0.280. The van der Waals surface area contributed by atoms with Crippen molar-refractivity contribution in [2.24, 2.45) is 0 Å². The Labute approximate surface area is 79.8 Å². The first-order valence-electron chi connectivity index (χ1n) is 4.12. The van der Waals surface area contributed by atoms with E-state index < -0.39 is 43.4 Å². The van der Waals surface area contributed by atoms with E-state index in [-0.39, 0.29) is 0 Å². The van der Waals surface area contributed by atoms with E-state index in [1.165, 1.54) is 0 Å². The van der Waals surface area contributed by atoms with Crippen LogP contribution < -0.4 is 0 Å². The minimum absolute atomic E-state index is 0.685. The summed E-state index contributed by atoms with van der Waals surface area (Å²) < 4.78 is 4.67. The van der Waals surface area contributed by atoms with E-state index in [9.17, 15) is 15.3 Å². The number of aliphatic hydroxyl groups is 6. The van der Waals surface area contributed by atoms with Gasteiger partial charge in [-0.3, -0.25) is 0 Å². The maximum absolute atomic E-state index is 9.38. The van der Waals surface area contributed by atoms with Crippen LogP contribution in [0.15, 0.2) is 0 Å². The van der Waals surface area contributed by atoms with Crippen LogP contribution in [0.5, 0.6) is 0 Å². The summed E-state index contributed by atoms with van der Waals surface area (Å²) in [5, 5.41) is 54.3. The average molecular weight is 210 g/mol. The van der Waals surface area contributed by atoms with Crippen LogP contribution in [0.4, 0.5) is 0 Å². The number of ether oxygens (including phenoxy) is 1. The predicted octanol–water partition coefficient (Wildman–Crippen LogP) is -3.86. The van der Waals surface area contributed by atoms with Crippen LogP contribution in [-0.2, 0) is 4.74 Å². The van der Waals surface area contributed by atoms with Crippen molar-refractivity contribution in [3.8, 4) is 0 Å². The zero-order valence-electron chi connectivity index (χ0n) is 7.32. The summed E-state index contributed by atoms with van der Waals surface area (Å²) in [7, 11) is 0. The molecule has 0 amide bonds. The molecular weight excluding hydrogens is 196 g/mol. The van der Waals surface area contributed by atoms with Gasteiger partial charge in [0.1, 0.15) is 24.4 Å². The molecule has 0 aromatic carbocycles. The number of rotatable bonds is 3. The van der Waals surface area contributed by atoms with Crippen molar-refractivity contribution in [3.63, 3.8) is 0 Å². The summed E-state index contributed by atoms with van der Waals surface area (Å²) in [5.41, 5.74) is 0. The standard InChI is InChI=1S/C7H14O7/c8-1-3(10)5-4(11)6(12)7(13,2-9)14-5/h3-6,8-13H,1-2H2/t3-,4-,5-,6-,7+/m1/s1. The van der Waals surface area contributed by atoms with E-state index in [0.29, 0.717) is 0 Å². The average Bonchev–Trinajstić information content (AvgIpc) is 2.43. The Morgan fingerprint density at radius 3 is 2.21 bits per heavy atom. The molecule has 0 aromatic rings. The maximum Gasteiger partial charge on any atom is 0.219 e. The van der Waals surface area contributed by atoms with Crippen LogP contribution >= 0.6 is 0 Å². The first-order valence-corrected chi connectivity index (χ1v) is 4.12. The Kier molecular flexibility index (Phi) is 3.43. The molecule has 5 atom stereocenters. The van der Waals surface area contributed by atoms with E-state index in [0.717, 1.165) is 0 Å². The third-order valence-corrected chi connectivity index (χ3v) is 2.26. The molecular formula is C7H14O7. The second kappa shape index (κ2) is 4.07. The number of aliphatic hydroxyl groups excluding tert-OH is 5. The lowest BCUT2D eigenvalue weighted by molar-refractivity contribution is -0.254. The van der Waals surface area contributed by atoms with Crippen LogP contribution in [-0.4, -0.2) is 74.1 Å². The van der Waals surface area contributed by atoms with Gasteiger partial charge in [0, 0.05) is 0 Å². The van der Waals surface area contributed by atoms with Crippen molar-refractivity contribution in [1.82, 2.24) is 0 Å². The van der Waals surface area contributed by atoms with Gasteiger partial charge in [-0.05, 0) is 0 Å². The second-order valence-electron chi connectivity index (χ2n) is 3.27. The van der Waals surface area contributed by atoms with Crippen molar-refractivity contribution in [1.29, 1.82) is 0 Å². The van der Waals surface area contributed by atoms with E-state index in [4.69, 9.17) is 15.3 Å². The van der Waals surface area contributed by atoms with Gasteiger partial charge in [0.15, 0.2) is 0 Å². The van der Waals surface area contributed by atoms with Gasteiger partial charge in [-0.2, -0.15) is 0 Å². The molecule has 0 saturated carbocycles. The monoisotopic (exact) mass is 210 g/mol. The smallest absolute Gasteiger partial charge is 0.219 e. The van der Waals surface area contributed by atoms with Gasteiger partial charge in [0.05, 0.1) is 13.2 Å². The molecule has 7 nitrogen and oxygen atoms in total. The summed E-state index contributed by atoms with van der Waals surface area (Å²) in [6, 6.07) is 0. The first-order chi connectivity index (χ1) is 6.46. The highest BCUT2D eigenvalue weighted by Gasteiger charge is 2.54. The summed E-state index contributed by atoms with van der Waals surface area (Å²) in [6.07, 6.45) is -6.04. The highest BCUT2D eigenvalue weighted by molar-refractivity contribution is 4.97. The summed E-state index contributed by atoms with van der Waals surface area (Å²) >= 11 is 0. The molecule has 0 spiro atoms. The molecule has 0 aromatic heterocycles. The molecule has 1 heterocycles. The van der Waals surface area contributed by atoms with E-state index in [1.54, 1.807) is 0 Å². The lowest BCUT2D eigenvalue weighted by atomic mass is 10.0. The quantitative estimate of drug-likeness (QED) is 0.281. The third-order valence-electron chi connectivity index (χ3n) is 2.26. The Balaban J connectivity index is 2.76. The van der Waals surface area contributed by atoms with E-state index in [1.807, 2.05) is 0 Å². The maximum atomic E-state index is 9.38. The fourth-order valence-corrected chi connectivity index (χ4v) is 1.36. The van der Waals surface area contributed by atoms with Crippen LogP contribution in [0.3, 0.4) is 0 Å². The van der Waals surface area contributed by atoms with Gasteiger partial charge in [0.2, 0.25) is 5.79 Å². The Morgan fingerprint density at radius 2 is 1.86 bits per heavy atom. The zero-order valence-corrected chi connectivity index (χ0v) is 7.32. The summed E-state index contributed by atoms with van der Waals surface area (Å²) in [6.45, 7) is -1.60. The van der Waals surface area contributed by atoms with Crippen LogP contribution in [0, 0.1) is 0 Å². The van der Waals surface area contributed by atoms with Crippen LogP contribution in [0.1, 0.15) is 0 Å². The fourth-order valence-electron chi connectivity index (χ4n) is 1.36. The normalized spacial score (nSPS) is 45.4. The lowest BCUT2D eigenvalue weighted by Crippen LogP contribution is -2.46. The molecule has 1 saturated heterocycles. The fraction of sp³-hybridized carbons (Fsp3) is 1.00. The molecule has 1 aliphatic heterocycles. The molecule has 0 unspecified atom stereocenters. The molecule has 7 heteroatoms. The Bertz CT molecular complexity index is 198. The van der Waals surface area contributed by atoms with Crippen molar-refractivity contribution >= 4 is 0 Å². The third kappa shape index (κ3) is 1.75. The van der Waals surface area contributed by atoms with Gasteiger partial charge >= 0.3 is 0 Å². The second-order valence-corrected chi connectivity index (χ2v) is 3.27. The molecule has 6 N–H and O–H groups in total. The molecule has 0 aliphatic carbocycles. The Morgan fingerprint density at radius 1 is 1.29 bits per heavy atom. The van der Waals surface area contributed by atoms with Crippen molar-refractivity contribution in [3.05, 3.63) is 0 Å². The lowest BCUT2D eigenvalue weighted by Gasteiger charge is -2.23. The van der Waals surface area contributed by atoms with Crippen molar-refractivity contribution in [2.45, 2.75) is 30.2 Å². The minimum atomic E-state index is -2.29. The number of hydrogen-bond acceptors (Lipinski definition) is 7. The molecule has 14 heavy (non-hydrogen) atoms. The zero-order chi connectivity index (χ0) is 10.9. The van der Waals surface area contributed by atoms with Crippen molar-refractivity contribution < 1.29 is 35.4 Å². The van der Waals surface area contributed by atoms with Gasteiger partial charge in [0.25, 0.3) is 0 Å². The largest absolute Gasteiger partial charge is 0.394 e. The minimum Gasteiger partial charge on any atom is -0.394 e. The molecule has 1 rings (SSSR count). The molecule has 84 valence electrons. The topological polar surface area (TPSA) is 131 Å². The first kappa shape index (κ1) is 11.8. The molecule has 0 radical (unpaired) electrons. The van der Waals surface area contributed by atoms with Crippen LogP contribution in [0.2, 0.25) is 0 Å². The van der Waals surface area contributed by atoms with Crippen molar-refractivity contribution in [2.75, 3.05) is 13.2 Å². The number of hydrogen-bond donors (Lipinski definition) is 6. The van der Waals surface area contributed by atoms with Crippen LogP contribution in [0.25, 0.3) is 0 Å². The highest BCUT2D eigenvalue weighted by atomic mass is 16.7.